The van der Waals surface area contributed by atoms with Crippen LogP contribution in [0.4, 0.5) is 17.1 Å². The van der Waals surface area contributed by atoms with Crippen LogP contribution in [0.3, 0.4) is 0 Å². The molecule has 150 valence electrons. The molecule has 0 fully saturated rings. The Bertz CT molecular complexity index is 1090. The molecule has 9 heteroatoms. The van der Waals surface area contributed by atoms with E-state index in [0.717, 1.165) is 9.87 Å². The van der Waals surface area contributed by atoms with Crippen LogP contribution < -0.4 is 9.62 Å². The van der Waals surface area contributed by atoms with Gasteiger partial charge in [0.25, 0.3) is 14.9 Å². The number of aromatic nitrogens is 1. The van der Waals surface area contributed by atoms with E-state index in [9.17, 15) is 13.3 Å². The zero-order chi connectivity index (χ0) is 20.9. The highest BCUT2D eigenvalue weighted by Crippen LogP contribution is 2.32. The normalized spacial score (nSPS) is 11.0. The van der Waals surface area contributed by atoms with Gasteiger partial charge in [-0.2, -0.15) is 0 Å². The minimum absolute atomic E-state index is 0.161. The zero-order valence-electron chi connectivity index (χ0n) is 16.0. The second-order valence-corrected chi connectivity index (χ2v) is 8.10. The quantitative estimate of drug-likeness (QED) is 0.569. The van der Waals surface area contributed by atoms with Crippen molar-refractivity contribution in [1.82, 2.24) is 4.98 Å². The summed E-state index contributed by atoms with van der Waals surface area (Å²) in [6.07, 6.45) is 3.36. The van der Waals surface area contributed by atoms with Crippen LogP contribution in [0, 0.1) is 4.91 Å². The van der Waals surface area contributed by atoms with Crippen LogP contribution in [-0.4, -0.2) is 32.5 Å². The molecule has 1 aromatic heterocycles. The summed E-state index contributed by atoms with van der Waals surface area (Å²) in [6.45, 7) is 0.463. The molecule has 3 aromatic rings. The van der Waals surface area contributed by atoms with Gasteiger partial charge in [-0.25, -0.2) is 13.3 Å². The topological polar surface area (TPSA) is 91.6 Å². The molecule has 0 saturated heterocycles. The summed E-state index contributed by atoms with van der Waals surface area (Å²) in [7, 11) is -1.08. The monoisotopic (exact) mass is 413 g/mol. The van der Waals surface area contributed by atoms with Crippen LogP contribution in [0.5, 0.6) is 0 Å². The maximum atomic E-state index is 12.9. The zero-order valence-corrected chi connectivity index (χ0v) is 16.8. The van der Waals surface area contributed by atoms with E-state index in [1.807, 2.05) is 12.1 Å². The van der Waals surface area contributed by atoms with Crippen molar-refractivity contribution in [3.63, 3.8) is 0 Å². The van der Waals surface area contributed by atoms with Crippen LogP contribution in [0.15, 0.2) is 78.0 Å². The number of benzene rings is 2. The van der Waals surface area contributed by atoms with E-state index in [-0.39, 0.29) is 10.6 Å². The van der Waals surface area contributed by atoms with Crippen molar-refractivity contribution < 1.29 is 18.2 Å². The number of nitrogens with one attached hydrogen (secondary N) is 1. The van der Waals surface area contributed by atoms with Gasteiger partial charge in [-0.1, -0.05) is 18.2 Å². The first-order chi connectivity index (χ1) is 13.9. The number of nitrogens with zero attached hydrogens (tertiary/aromatic N) is 3. The molecule has 0 saturated carbocycles. The number of pyridine rings is 1. The fourth-order valence-electron chi connectivity index (χ4n) is 2.70. The first-order valence-corrected chi connectivity index (χ1v) is 10.2. The van der Waals surface area contributed by atoms with Crippen molar-refractivity contribution in [2.24, 2.45) is 0 Å². The number of hydrogen-bond acceptors (Lipinski definition) is 6. The molecule has 29 heavy (non-hydrogen) atoms. The summed E-state index contributed by atoms with van der Waals surface area (Å²) in [6, 6.07) is 16.5. The third-order valence-electron chi connectivity index (χ3n) is 4.34. The van der Waals surface area contributed by atoms with Gasteiger partial charge in [0.15, 0.2) is 7.11 Å². The standard InChI is InChI=1S/C20H21N4O4S/c1-23(29(26,27)18-6-4-3-5-7-18)17-8-9-19(20(14-17)24(25)28-2)22-15-16-10-12-21-13-11-16/h3-14,22H,15H2,1-2H3/q+1. The van der Waals surface area contributed by atoms with Crippen molar-refractivity contribution in [1.29, 1.82) is 0 Å². The molecule has 0 aliphatic carbocycles. The molecule has 0 amide bonds. The van der Waals surface area contributed by atoms with Gasteiger partial charge in [-0.3, -0.25) is 9.29 Å². The number of hydrogen-bond donors (Lipinski definition) is 1. The molecule has 1 N–H and O–H groups in total. The van der Waals surface area contributed by atoms with Gasteiger partial charge in [0.2, 0.25) is 0 Å². The Kier molecular flexibility index (Phi) is 6.08. The molecule has 0 atom stereocenters. The van der Waals surface area contributed by atoms with Crippen LogP contribution in [-0.2, 0) is 21.4 Å². The van der Waals surface area contributed by atoms with Crippen molar-refractivity contribution in [2.45, 2.75) is 11.4 Å². The molecule has 0 radical (unpaired) electrons. The van der Waals surface area contributed by atoms with E-state index in [0.29, 0.717) is 22.8 Å². The third-order valence-corrected chi connectivity index (χ3v) is 6.14. The van der Waals surface area contributed by atoms with E-state index >= 15 is 0 Å². The van der Waals surface area contributed by atoms with Gasteiger partial charge in [-0.05, 0) is 42.0 Å². The first kappa shape index (κ1) is 20.3. The average molecular weight is 413 g/mol. The lowest BCUT2D eigenvalue weighted by Crippen LogP contribution is -2.26. The summed E-state index contributed by atoms with van der Waals surface area (Å²) in [4.78, 5) is 21.5. The Hall–Kier alpha value is -3.46. The lowest BCUT2D eigenvalue weighted by molar-refractivity contribution is -0.736. The molecule has 0 aliphatic rings. The van der Waals surface area contributed by atoms with E-state index in [2.05, 4.69) is 10.3 Å². The summed E-state index contributed by atoms with van der Waals surface area (Å²) >= 11 is 0. The summed E-state index contributed by atoms with van der Waals surface area (Å²) in [5, 5.41) is 3.16. The maximum Gasteiger partial charge on any atom is 0.341 e. The lowest BCUT2D eigenvalue weighted by Gasteiger charge is -2.19. The van der Waals surface area contributed by atoms with E-state index in [1.165, 1.54) is 32.4 Å². The molecular formula is C20H21N4O4S+. The molecule has 3 rings (SSSR count). The number of rotatable bonds is 8. The summed E-state index contributed by atoms with van der Waals surface area (Å²) in [5.74, 6) is 0. The Morgan fingerprint density at radius 3 is 2.41 bits per heavy atom. The van der Waals surface area contributed by atoms with Gasteiger partial charge in [0.1, 0.15) is 5.69 Å². The fraction of sp³-hybridized carbons (Fsp3) is 0.150. The maximum absolute atomic E-state index is 12.9. The van der Waals surface area contributed by atoms with Gasteiger partial charge >= 0.3 is 5.69 Å². The molecule has 2 aromatic carbocycles. The lowest BCUT2D eigenvalue weighted by atomic mass is 10.2. The SMILES string of the molecule is CO[N+](=O)c1cc(N(C)S(=O)(=O)c2ccccc2)ccc1NCc1ccncc1. The van der Waals surface area contributed by atoms with Crippen LogP contribution >= 0.6 is 0 Å². The average Bonchev–Trinajstić information content (AvgIpc) is 2.77. The van der Waals surface area contributed by atoms with E-state index in [1.54, 1.807) is 42.7 Å². The Morgan fingerprint density at radius 2 is 1.76 bits per heavy atom. The highest BCUT2D eigenvalue weighted by atomic mass is 32.2. The third kappa shape index (κ3) is 4.52. The number of sulfonamides is 1. The summed E-state index contributed by atoms with van der Waals surface area (Å²) in [5.41, 5.74) is 1.98. The predicted octanol–water partition coefficient (Wildman–Crippen LogP) is 3.49. The molecular weight excluding hydrogens is 392 g/mol. The van der Waals surface area contributed by atoms with Crippen LogP contribution in [0.1, 0.15) is 5.56 Å². The second-order valence-electron chi connectivity index (χ2n) is 6.14. The smallest absolute Gasteiger partial charge is 0.341 e. The Labute approximate surface area is 169 Å². The molecule has 8 nitrogen and oxygen atoms in total. The van der Waals surface area contributed by atoms with Crippen LogP contribution in [0.25, 0.3) is 0 Å². The van der Waals surface area contributed by atoms with E-state index < -0.39 is 10.0 Å². The molecule has 0 bridgehead atoms. The van der Waals surface area contributed by atoms with Gasteiger partial charge < -0.3 is 5.32 Å². The summed E-state index contributed by atoms with van der Waals surface area (Å²) < 4.78 is 26.8. The molecule has 0 spiro atoms. The van der Waals surface area contributed by atoms with Crippen molar-refractivity contribution >= 4 is 27.1 Å². The molecule has 0 unspecified atom stereocenters. The van der Waals surface area contributed by atoms with Crippen molar-refractivity contribution in [2.75, 3.05) is 23.8 Å². The van der Waals surface area contributed by atoms with Gasteiger partial charge in [-0.15, -0.1) is 0 Å². The van der Waals surface area contributed by atoms with Crippen molar-refractivity contribution in [3.8, 4) is 0 Å². The minimum Gasteiger partial charge on any atom is -0.375 e. The van der Waals surface area contributed by atoms with Gasteiger partial charge in [0, 0.05) is 32.1 Å². The van der Waals surface area contributed by atoms with Crippen molar-refractivity contribution in [3.05, 3.63) is 83.5 Å². The number of anilines is 2. The minimum atomic E-state index is -3.76. The Morgan fingerprint density at radius 1 is 1.07 bits per heavy atom. The Balaban J connectivity index is 1.92. The molecule has 1 heterocycles. The second kappa shape index (κ2) is 8.70. The molecule has 0 aliphatic heterocycles. The first-order valence-electron chi connectivity index (χ1n) is 8.75. The fourth-order valence-corrected chi connectivity index (χ4v) is 3.91. The van der Waals surface area contributed by atoms with E-state index in [4.69, 9.17) is 4.84 Å². The highest BCUT2D eigenvalue weighted by molar-refractivity contribution is 7.92. The van der Waals surface area contributed by atoms with Crippen LogP contribution in [0.2, 0.25) is 0 Å². The predicted molar refractivity (Wildman–Crippen MR) is 110 cm³/mol. The largest absolute Gasteiger partial charge is 0.375 e. The highest BCUT2D eigenvalue weighted by Gasteiger charge is 2.26. The van der Waals surface area contributed by atoms with Gasteiger partial charge in [0.05, 0.1) is 15.5 Å².